The summed E-state index contributed by atoms with van der Waals surface area (Å²) in [6.45, 7) is 9.21. The number of carbonyl (C=O) groups is 5. The zero-order valence-corrected chi connectivity index (χ0v) is 23.4. The van der Waals surface area contributed by atoms with Gasteiger partial charge >= 0.3 is 12.1 Å². The molecule has 0 radical (unpaired) electrons. The Labute approximate surface area is 229 Å². The predicted octanol–water partition coefficient (Wildman–Crippen LogP) is 1.65. The van der Waals surface area contributed by atoms with Gasteiger partial charge in [-0.15, -0.1) is 0 Å². The van der Waals surface area contributed by atoms with E-state index in [4.69, 9.17) is 10.5 Å². The van der Waals surface area contributed by atoms with Crippen molar-refractivity contribution >= 4 is 48.2 Å². The van der Waals surface area contributed by atoms with Gasteiger partial charge < -0.3 is 37.1 Å². The Kier molecular flexibility index (Phi) is 13.4. The van der Waals surface area contributed by atoms with E-state index in [0.29, 0.717) is 24.2 Å². The first-order chi connectivity index (χ1) is 17.7. The summed E-state index contributed by atoms with van der Waals surface area (Å²) in [5.41, 5.74) is 6.26. The van der Waals surface area contributed by atoms with Crippen molar-refractivity contribution in [3.63, 3.8) is 0 Å². The van der Waals surface area contributed by atoms with Crippen LogP contribution in [0, 0.1) is 5.92 Å². The zero-order chi connectivity index (χ0) is 28.9. The molecule has 13 heteroatoms. The number of anilines is 1. The monoisotopic (exact) mass is 552 g/mol. The highest BCUT2D eigenvalue weighted by Crippen LogP contribution is 2.13. The number of hydrogen-bond donors (Lipinski definition) is 7. The van der Waals surface area contributed by atoms with Crippen molar-refractivity contribution < 1.29 is 28.7 Å². The molecule has 6 amide bonds. The quantitative estimate of drug-likeness (QED) is 0.136. The van der Waals surface area contributed by atoms with Crippen LogP contribution in [0.2, 0.25) is 0 Å². The van der Waals surface area contributed by atoms with Crippen molar-refractivity contribution in [1.82, 2.24) is 21.3 Å². The average molecular weight is 553 g/mol. The van der Waals surface area contributed by atoms with Gasteiger partial charge in [0.15, 0.2) is 0 Å². The van der Waals surface area contributed by atoms with Crippen LogP contribution in [-0.2, 0) is 25.7 Å². The number of urea groups is 1. The van der Waals surface area contributed by atoms with Gasteiger partial charge in [-0.3, -0.25) is 14.4 Å². The Morgan fingerprint density at radius 2 is 1.63 bits per heavy atom. The van der Waals surface area contributed by atoms with Crippen LogP contribution in [0.4, 0.5) is 15.3 Å². The first kappa shape index (κ1) is 32.5. The summed E-state index contributed by atoms with van der Waals surface area (Å²) in [6, 6.07) is 4.24. The molecule has 2 atom stereocenters. The fraction of sp³-hybridized carbons (Fsp3) is 0.560. The van der Waals surface area contributed by atoms with Crippen molar-refractivity contribution in [2.75, 3.05) is 18.4 Å². The van der Waals surface area contributed by atoms with Gasteiger partial charge in [-0.25, -0.2) is 9.59 Å². The number of ether oxygens (including phenoxy) is 1. The van der Waals surface area contributed by atoms with Crippen LogP contribution in [0.5, 0.6) is 0 Å². The number of hydrogen-bond acceptors (Lipinski definition) is 7. The lowest BCUT2D eigenvalue weighted by atomic mass is 10.0. The van der Waals surface area contributed by atoms with Gasteiger partial charge in [0, 0.05) is 30.4 Å². The van der Waals surface area contributed by atoms with Crippen molar-refractivity contribution in [2.24, 2.45) is 11.7 Å². The summed E-state index contributed by atoms with van der Waals surface area (Å²) < 4.78 is 4.81. The molecule has 38 heavy (non-hydrogen) atoms. The van der Waals surface area contributed by atoms with E-state index in [0.717, 1.165) is 0 Å². The summed E-state index contributed by atoms with van der Waals surface area (Å²) in [5.74, 6) is -1.54. The normalized spacial score (nSPS) is 12.6. The van der Waals surface area contributed by atoms with Crippen LogP contribution < -0.4 is 32.3 Å². The molecule has 0 saturated carbocycles. The molecule has 1 aromatic carbocycles. The lowest BCUT2D eigenvalue weighted by molar-refractivity contribution is -0.131. The maximum Gasteiger partial charge on any atom is 0.407 e. The summed E-state index contributed by atoms with van der Waals surface area (Å²) >= 11 is 4.34. The third-order valence-electron chi connectivity index (χ3n) is 5.17. The molecule has 7 N–H and O–H groups in total. The van der Waals surface area contributed by atoms with Crippen LogP contribution in [0.1, 0.15) is 53.0 Å². The molecule has 1 unspecified atom stereocenters. The number of carbonyl (C=O) groups excluding carboxylic acids is 5. The van der Waals surface area contributed by atoms with Crippen LogP contribution in [-0.4, -0.2) is 59.8 Å². The average Bonchev–Trinajstić information content (AvgIpc) is 2.81. The topological polar surface area (TPSA) is 181 Å². The molecule has 0 heterocycles. The molecule has 0 fully saturated rings. The number of benzene rings is 1. The summed E-state index contributed by atoms with van der Waals surface area (Å²) in [4.78, 5) is 60.2. The fourth-order valence-electron chi connectivity index (χ4n) is 3.20. The predicted molar refractivity (Wildman–Crippen MR) is 148 cm³/mol. The highest BCUT2D eigenvalue weighted by atomic mass is 32.1. The van der Waals surface area contributed by atoms with Crippen molar-refractivity contribution in [2.45, 2.75) is 70.9 Å². The van der Waals surface area contributed by atoms with E-state index in [1.807, 2.05) is 13.8 Å². The molecule has 0 aromatic heterocycles. The van der Waals surface area contributed by atoms with Crippen LogP contribution in [0.3, 0.4) is 0 Å². The first-order valence-corrected chi connectivity index (χ1v) is 12.8. The SMILES string of the molecule is CC(=O)NC(C(=O)N[C@@H](CCCNC(N)=O)C(=O)Nc1ccc(COC(=O)NCC(C)(C)S)cc1)C(C)C. The van der Waals surface area contributed by atoms with Crippen molar-refractivity contribution in [3.8, 4) is 0 Å². The Balaban J connectivity index is 2.80. The lowest BCUT2D eigenvalue weighted by Crippen LogP contribution is -2.54. The van der Waals surface area contributed by atoms with Crippen LogP contribution in [0.15, 0.2) is 24.3 Å². The van der Waals surface area contributed by atoms with Crippen LogP contribution >= 0.6 is 12.6 Å². The standard InChI is InChI=1S/C25H40N6O6S/c1-15(2)20(29-16(3)32)22(34)31-19(7-6-12-27-23(26)35)21(33)30-18-10-8-17(9-11-18)13-37-24(36)28-14-25(4,5)38/h8-11,15,19-20,38H,6-7,12-14H2,1-5H3,(H,28,36)(H,29,32)(H,30,33)(H,31,34)(H3,26,27,35)/t19-,20?/m0/s1. The smallest absolute Gasteiger partial charge is 0.407 e. The molecule has 0 aliphatic heterocycles. The molecule has 0 saturated heterocycles. The maximum absolute atomic E-state index is 13.0. The Bertz CT molecular complexity index is 964. The third kappa shape index (κ3) is 13.7. The van der Waals surface area contributed by atoms with Gasteiger partial charge in [-0.05, 0) is 50.3 Å². The van der Waals surface area contributed by atoms with Crippen molar-refractivity contribution in [3.05, 3.63) is 29.8 Å². The van der Waals surface area contributed by atoms with Crippen LogP contribution in [0.25, 0.3) is 0 Å². The van der Waals surface area contributed by atoms with E-state index >= 15 is 0 Å². The van der Waals surface area contributed by atoms with E-state index in [2.05, 4.69) is 39.2 Å². The van der Waals surface area contributed by atoms with Gasteiger partial charge in [-0.2, -0.15) is 12.6 Å². The number of thiol groups is 1. The third-order valence-corrected chi connectivity index (χ3v) is 5.32. The molecule has 0 bridgehead atoms. The summed E-state index contributed by atoms with van der Waals surface area (Å²) in [5, 5.41) is 13.1. The second kappa shape index (κ2) is 15.7. The Morgan fingerprint density at radius 1 is 1.00 bits per heavy atom. The Hall–Kier alpha value is -3.48. The minimum absolute atomic E-state index is 0.0400. The van der Waals surface area contributed by atoms with E-state index < -0.39 is 36.0 Å². The van der Waals surface area contributed by atoms with Gasteiger partial charge in [0.05, 0.1) is 0 Å². The molecular formula is C25H40N6O6S. The van der Waals surface area contributed by atoms with Gasteiger partial charge in [0.2, 0.25) is 17.7 Å². The lowest BCUT2D eigenvalue weighted by Gasteiger charge is -2.25. The maximum atomic E-state index is 13.0. The second-order valence-electron chi connectivity index (χ2n) is 9.84. The highest BCUT2D eigenvalue weighted by molar-refractivity contribution is 7.81. The molecule has 0 aliphatic rings. The molecule has 212 valence electrons. The van der Waals surface area contributed by atoms with Gasteiger partial charge in [0.25, 0.3) is 0 Å². The number of alkyl carbamates (subject to hydrolysis) is 1. The molecule has 12 nitrogen and oxygen atoms in total. The largest absolute Gasteiger partial charge is 0.445 e. The van der Waals surface area contributed by atoms with Gasteiger partial charge in [-0.1, -0.05) is 26.0 Å². The van der Waals surface area contributed by atoms with Crippen molar-refractivity contribution in [1.29, 1.82) is 0 Å². The summed E-state index contributed by atoms with van der Waals surface area (Å²) in [7, 11) is 0. The minimum atomic E-state index is -0.935. The highest BCUT2D eigenvalue weighted by Gasteiger charge is 2.28. The fourth-order valence-corrected chi connectivity index (χ4v) is 3.28. The number of nitrogens with one attached hydrogen (secondary N) is 5. The van der Waals surface area contributed by atoms with E-state index in [1.165, 1.54) is 6.92 Å². The van der Waals surface area contributed by atoms with E-state index in [1.54, 1.807) is 38.1 Å². The number of amides is 6. The summed E-state index contributed by atoms with van der Waals surface area (Å²) in [6.07, 6.45) is 0.0246. The van der Waals surface area contributed by atoms with Gasteiger partial charge in [0.1, 0.15) is 18.7 Å². The molecule has 1 rings (SSSR count). The number of primary amides is 1. The van der Waals surface area contributed by atoms with E-state index in [9.17, 15) is 24.0 Å². The molecule has 0 spiro atoms. The molecule has 1 aromatic rings. The first-order valence-electron chi connectivity index (χ1n) is 12.3. The molecule has 0 aliphatic carbocycles. The number of nitrogens with two attached hydrogens (primary N) is 1. The number of rotatable bonds is 14. The second-order valence-corrected chi connectivity index (χ2v) is 11.1. The molecular weight excluding hydrogens is 512 g/mol. The van der Waals surface area contributed by atoms with E-state index in [-0.39, 0.29) is 36.1 Å². The zero-order valence-electron chi connectivity index (χ0n) is 22.6. The Morgan fingerprint density at radius 3 is 2.16 bits per heavy atom. The minimum Gasteiger partial charge on any atom is -0.445 e.